The third-order valence-electron chi connectivity index (χ3n) is 5.95. The minimum absolute atomic E-state index is 0.0223. The number of hydrogen-bond acceptors (Lipinski definition) is 9. The highest BCUT2D eigenvalue weighted by molar-refractivity contribution is 7.92. The van der Waals surface area contributed by atoms with Crippen LogP contribution in [0, 0.1) is 0 Å². The fourth-order valence-corrected chi connectivity index (χ4v) is 4.94. The van der Waals surface area contributed by atoms with Gasteiger partial charge in [-0.3, -0.25) is 14.2 Å². The maximum absolute atomic E-state index is 13.4. The zero-order valence-electron chi connectivity index (χ0n) is 21.8. The molecule has 0 saturated carbocycles. The Morgan fingerprint density at radius 2 is 1.75 bits per heavy atom. The molecule has 0 bridgehead atoms. The van der Waals surface area contributed by atoms with Crippen LogP contribution in [0.2, 0.25) is 0 Å². The molecule has 2 N–H and O–H groups in total. The van der Waals surface area contributed by atoms with Crippen LogP contribution < -0.4 is 19.5 Å². The van der Waals surface area contributed by atoms with Crippen LogP contribution in [0.25, 0.3) is 22.2 Å². The number of para-hydroxylation sites is 1. The summed E-state index contributed by atoms with van der Waals surface area (Å²) in [5.74, 6) is -0.254. The molecule has 204 valence electrons. The second-order valence-electron chi connectivity index (χ2n) is 8.52. The number of benzene rings is 2. The molecule has 0 aliphatic carbocycles. The van der Waals surface area contributed by atoms with Crippen molar-refractivity contribution in [2.45, 2.75) is 18.4 Å². The van der Waals surface area contributed by atoms with Crippen LogP contribution in [0.15, 0.2) is 78.0 Å². The van der Waals surface area contributed by atoms with E-state index in [1.165, 1.54) is 44.6 Å². The number of aryl methyl sites for hydroxylation is 1. The van der Waals surface area contributed by atoms with Crippen molar-refractivity contribution in [1.82, 2.24) is 24.7 Å². The molecule has 1 amide bonds. The van der Waals surface area contributed by atoms with Crippen molar-refractivity contribution in [3.05, 3.63) is 78.6 Å². The first-order valence-electron chi connectivity index (χ1n) is 12.1. The van der Waals surface area contributed by atoms with Gasteiger partial charge in [0.05, 0.1) is 42.1 Å². The Labute approximate surface area is 230 Å². The van der Waals surface area contributed by atoms with E-state index in [-0.39, 0.29) is 28.5 Å². The van der Waals surface area contributed by atoms with Gasteiger partial charge in [-0.25, -0.2) is 13.4 Å². The van der Waals surface area contributed by atoms with E-state index in [0.717, 1.165) is 5.56 Å². The Morgan fingerprint density at radius 3 is 2.45 bits per heavy atom. The molecule has 0 radical (unpaired) electrons. The van der Waals surface area contributed by atoms with E-state index in [4.69, 9.17) is 14.5 Å². The van der Waals surface area contributed by atoms with Crippen molar-refractivity contribution in [1.29, 1.82) is 0 Å². The summed E-state index contributed by atoms with van der Waals surface area (Å²) >= 11 is 0. The van der Waals surface area contributed by atoms with Gasteiger partial charge in [-0.1, -0.05) is 18.2 Å². The number of aromatic nitrogens is 5. The van der Waals surface area contributed by atoms with E-state index in [1.807, 2.05) is 37.4 Å². The summed E-state index contributed by atoms with van der Waals surface area (Å²) in [7, 11) is -1.26. The second-order valence-corrected chi connectivity index (χ2v) is 10.2. The predicted molar refractivity (Wildman–Crippen MR) is 149 cm³/mol. The lowest BCUT2D eigenvalue weighted by Gasteiger charge is -2.12. The molecule has 0 fully saturated rings. The summed E-state index contributed by atoms with van der Waals surface area (Å²) in [5, 5.41) is 7.84. The lowest BCUT2D eigenvalue weighted by molar-refractivity contribution is 0.102. The number of nitrogens with one attached hydrogen (secondary N) is 2. The zero-order valence-corrected chi connectivity index (χ0v) is 22.6. The molecule has 0 aliphatic rings. The molecule has 5 rings (SSSR count). The lowest BCUT2D eigenvalue weighted by Crippen LogP contribution is -2.15. The van der Waals surface area contributed by atoms with Crippen LogP contribution in [-0.4, -0.2) is 53.3 Å². The highest BCUT2D eigenvalue weighted by Crippen LogP contribution is 2.26. The van der Waals surface area contributed by atoms with Crippen molar-refractivity contribution in [2.75, 3.05) is 24.3 Å². The SMILES string of the molecule is CCn1cc(-c2cc(C(=O)Nc3ccc(S(=O)(=O)Nc4cc(OC)nc(OC)n4)cc3)c3ccccc3n2)cn1. The molecule has 3 aromatic heterocycles. The van der Waals surface area contributed by atoms with E-state index in [0.29, 0.717) is 34.4 Å². The molecular weight excluding hydrogens is 534 g/mol. The van der Waals surface area contributed by atoms with Crippen molar-refractivity contribution in [2.24, 2.45) is 0 Å². The van der Waals surface area contributed by atoms with Crippen molar-refractivity contribution >= 4 is 38.3 Å². The number of amides is 1. The minimum atomic E-state index is -4.01. The maximum Gasteiger partial charge on any atom is 0.321 e. The summed E-state index contributed by atoms with van der Waals surface area (Å²) in [6, 6.07) is 16.1. The number of fused-ring (bicyclic) bond motifs is 1. The average molecular weight is 560 g/mol. The van der Waals surface area contributed by atoms with Gasteiger partial charge in [0, 0.05) is 35.4 Å². The molecular formula is C27H25N7O5S. The summed E-state index contributed by atoms with van der Waals surface area (Å²) < 4.78 is 40.1. The summed E-state index contributed by atoms with van der Waals surface area (Å²) in [5.41, 5.74) is 2.92. The molecule has 13 heteroatoms. The second kappa shape index (κ2) is 11.0. The standard InChI is InChI=1S/C27H25N7O5S/c1-4-34-16-17(15-28-34)23-13-21(20-7-5-6-8-22(20)30-23)26(35)29-18-9-11-19(12-10-18)40(36,37)33-24-14-25(38-2)32-27(31-24)39-3/h5-16H,4H2,1-3H3,(H,29,35)(H,31,32,33). The smallest absolute Gasteiger partial charge is 0.321 e. The molecule has 2 aromatic carbocycles. The van der Waals surface area contributed by atoms with Crippen molar-refractivity contribution in [3.63, 3.8) is 0 Å². The molecule has 5 aromatic rings. The maximum atomic E-state index is 13.4. The molecule has 0 aliphatic heterocycles. The Balaban J connectivity index is 1.39. The number of nitrogens with zero attached hydrogens (tertiary/aromatic N) is 5. The topological polar surface area (TPSA) is 150 Å². The van der Waals surface area contributed by atoms with Crippen molar-refractivity contribution in [3.8, 4) is 23.1 Å². The summed E-state index contributed by atoms with van der Waals surface area (Å²) in [4.78, 5) is 26.0. The van der Waals surface area contributed by atoms with Gasteiger partial charge in [0.25, 0.3) is 15.9 Å². The lowest BCUT2D eigenvalue weighted by atomic mass is 10.0. The number of pyridine rings is 1. The minimum Gasteiger partial charge on any atom is -0.481 e. The molecule has 0 atom stereocenters. The molecule has 0 saturated heterocycles. The Kier molecular flexibility index (Phi) is 7.29. The van der Waals surface area contributed by atoms with Crippen LogP contribution in [0.4, 0.5) is 11.5 Å². The van der Waals surface area contributed by atoms with E-state index >= 15 is 0 Å². The first-order valence-corrected chi connectivity index (χ1v) is 13.6. The van der Waals surface area contributed by atoms with Gasteiger partial charge >= 0.3 is 6.01 Å². The molecule has 3 heterocycles. The Morgan fingerprint density at radius 1 is 0.975 bits per heavy atom. The number of carbonyl (C=O) groups excluding carboxylic acids is 1. The van der Waals surface area contributed by atoms with Crippen molar-refractivity contribution < 1.29 is 22.7 Å². The number of anilines is 2. The first-order chi connectivity index (χ1) is 19.3. The molecule has 0 unspecified atom stereocenters. The molecule has 40 heavy (non-hydrogen) atoms. The van der Waals surface area contributed by atoms with Gasteiger partial charge in [-0.2, -0.15) is 15.1 Å². The van der Waals surface area contributed by atoms with Gasteiger partial charge in [-0.05, 0) is 43.3 Å². The summed E-state index contributed by atoms with van der Waals surface area (Å²) in [6.45, 7) is 2.70. The predicted octanol–water partition coefficient (Wildman–Crippen LogP) is 3.98. The quantitative estimate of drug-likeness (QED) is 0.273. The van der Waals surface area contributed by atoms with E-state index in [1.54, 1.807) is 16.9 Å². The van der Waals surface area contributed by atoms with E-state index in [2.05, 4.69) is 25.1 Å². The third-order valence-corrected chi connectivity index (χ3v) is 7.32. The van der Waals surface area contributed by atoms with Gasteiger partial charge in [-0.15, -0.1) is 0 Å². The van der Waals surface area contributed by atoms with Crippen LogP contribution in [0.5, 0.6) is 11.9 Å². The van der Waals surface area contributed by atoms with Crippen LogP contribution in [0.1, 0.15) is 17.3 Å². The Bertz CT molecular complexity index is 1780. The number of ether oxygens (including phenoxy) is 2. The zero-order chi connectivity index (χ0) is 28.3. The van der Waals surface area contributed by atoms with Gasteiger partial charge in [0.1, 0.15) is 0 Å². The number of hydrogen-bond donors (Lipinski definition) is 2. The monoisotopic (exact) mass is 559 g/mol. The van der Waals surface area contributed by atoms with Crippen LogP contribution in [0.3, 0.4) is 0 Å². The number of carbonyl (C=O) groups is 1. The van der Waals surface area contributed by atoms with Gasteiger partial charge < -0.3 is 14.8 Å². The van der Waals surface area contributed by atoms with Crippen LogP contribution >= 0.6 is 0 Å². The third kappa shape index (κ3) is 5.54. The highest BCUT2D eigenvalue weighted by atomic mass is 32.2. The van der Waals surface area contributed by atoms with E-state index < -0.39 is 10.0 Å². The number of methoxy groups -OCH3 is 2. The fraction of sp³-hybridized carbons (Fsp3) is 0.148. The normalized spacial score (nSPS) is 11.3. The van der Waals surface area contributed by atoms with Gasteiger partial charge in [0.15, 0.2) is 5.82 Å². The fourth-order valence-electron chi connectivity index (χ4n) is 3.94. The number of rotatable bonds is 9. The molecule has 12 nitrogen and oxygen atoms in total. The highest BCUT2D eigenvalue weighted by Gasteiger charge is 2.18. The Hall–Kier alpha value is -5.04. The summed E-state index contributed by atoms with van der Waals surface area (Å²) in [6.07, 6.45) is 3.59. The molecule has 0 spiro atoms. The van der Waals surface area contributed by atoms with E-state index in [9.17, 15) is 13.2 Å². The average Bonchev–Trinajstić information content (AvgIpc) is 3.46. The largest absolute Gasteiger partial charge is 0.481 e. The first kappa shape index (κ1) is 26.6. The number of sulfonamides is 1. The van der Waals surface area contributed by atoms with Gasteiger partial charge in [0.2, 0.25) is 5.88 Å². The van der Waals surface area contributed by atoms with Crippen LogP contribution in [-0.2, 0) is 16.6 Å².